The minimum atomic E-state index is -0.439. The highest BCUT2D eigenvalue weighted by atomic mass is 16.5. The quantitative estimate of drug-likeness (QED) is 0.534. The van der Waals surface area contributed by atoms with E-state index in [1.165, 1.54) is 18.2 Å². The van der Waals surface area contributed by atoms with Gasteiger partial charge in [-0.15, -0.1) is 0 Å². The third-order valence-electron chi connectivity index (χ3n) is 2.06. The Kier molecular flexibility index (Phi) is 4.78. The lowest BCUT2D eigenvalue weighted by molar-refractivity contribution is 0.0745. The zero-order valence-electron chi connectivity index (χ0n) is 9.93. The van der Waals surface area contributed by atoms with Gasteiger partial charge >= 0.3 is 0 Å². The molecule has 0 aromatic heterocycles. The van der Waals surface area contributed by atoms with E-state index in [0.29, 0.717) is 13.2 Å². The topological polar surface area (TPSA) is 78.8 Å². The fourth-order valence-corrected chi connectivity index (χ4v) is 1.26. The van der Waals surface area contributed by atoms with Crippen LogP contribution in [0.15, 0.2) is 18.2 Å². The van der Waals surface area contributed by atoms with Gasteiger partial charge < -0.3 is 20.3 Å². The molecule has 1 aromatic carbocycles. The summed E-state index contributed by atoms with van der Waals surface area (Å²) in [6.45, 7) is 4.57. The summed E-state index contributed by atoms with van der Waals surface area (Å²) in [4.78, 5) is 11.6. The number of aromatic hydroxyl groups is 2. The molecule has 0 saturated carbocycles. The Balaban J connectivity index is 2.49. The molecule has 0 aliphatic carbocycles. The first-order chi connectivity index (χ1) is 8.00. The molecule has 94 valence electrons. The van der Waals surface area contributed by atoms with Crippen molar-refractivity contribution in [2.24, 2.45) is 0 Å². The fraction of sp³-hybridized carbons (Fsp3) is 0.417. The van der Waals surface area contributed by atoms with E-state index < -0.39 is 5.91 Å². The van der Waals surface area contributed by atoms with Gasteiger partial charge in [-0.05, 0) is 32.0 Å². The van der Waals surface area contributed by atoms with Crippen LogP contribution in [0.4, 0.5) is 0 Å². The van der Waals surface area contributed by atoms with Crippen molar-refractivity contribution in [3.63, 3.8) is 0 Å². The van der Waals surface area contributed by atoms with Crippen LogP contribution in [-0.2, 0) is 4.74 Å². The van der Waals surface area contributed by atoms with E-state index in [1.807, 2.05) is 13.8 Å². The summed E-state index contributed by atoms with van der Waals surface area (Å²) in [5, 5.41) is 21.2. The molecule has 0 fully saturated rings. The third kappa shape index (κ3) is 4.32. The minimum absolute atomic E-state index is 0.0505. The maximum absolute atomic E-state index is 11.6. The second-order valence-electron chi connectivity index (χ2n) is 3.88. The van der Waals surface area contributed by atoms with Gasteiger partial charge in [-0.2, -0.15) is 0 Å². The van der Waals surface area contributed by atoms with Gasteiger partial charge in [0.2, 0.25) is 0 Å². The monoisotopic (exact) mass is 239 g/mol. The Morgan fingerprint density at radius 1 is 1.41 bits per heavy atom. The van der Waals surface area contributed by atoms with Crippen molar-refractivity contribution in [2.75, 3.05) is 13.2 Å². The van der Waals surface area contributed by atoms with Crippen molar-refractivity contribution >= 4 is 5.91 Å². The predicted octanol–water partition coefficient (Wildman–Crippen LogP) is 1.25. The Bertz CT molecular complexity index is 390. The van der Waals surface area contributed by atoms with E-state index in [9.17, 15) is 15.0 Å². The molecule has 1 amide bonds. The molecule has 0 bridgehead atoms. The maximum Gasteiger partial charge on any atom is 0.255 e. The number of phenols is 2. The molecule has 17 heavy (non-hydrogen) atoms. The Labute approximate surface area is 100 Å². The van der Waals surface area contributed by atoms with Gasteiger partial charge in [0.15, 0.2) is 0 Å². The number of ether oxygens (including phenoxy) is 1. The summed E-state index contributed by atoms with van der Waals surface area (Å²) in [6.07, 6.45) is 0.112. The molecule has 5 heteroatoms. The van der Waals surface area contributed by atoms with Gasteiger partial charge in [0.1, 0.15) is 11.5 Å². The third-order valence-corrected chi connectivity index (χ3v) is 2.06. The first-order valence-corrected chi connectivity index (χ1v) is 5.42. The van der Waals surface area contributed by atoms with E-state index >= 15 is 0 Å². The molecule has 0 spiro atoms. The Hall–Kier alpha value is -1.75. The number of hydrogen-bond donors (Lipinski definition) is 3. The van der Waals surface area contributed by atoms with Crippen molar-refractivity contribution < 1.29 is 19.7 Å². The van der Waals surface area contributed by atoms with Crippen LogP contribution in [-0.4, -0.2) is 35.4 Å². The maximum atomic E-state index is 11.6. The van der Waals surface area contributed by atoms with Gasteiger partial charge in [0.05, 0.1) is 18.3 Å². The molecule has 5 nitrogen and oxygen atoms in total. The lowest BCUT2D eigenvalue weighted by atomic mass is 10.2. The predicted molar refractivity (Wildman–Crippen MR) is 63.2 cm³/mol. The van der Waals surface area contributed by atoms with Crippen molar-refractivity contribution in [3.05, 3.63) is 23.8 Å². The summed E-state index contributed by atoms with van der Waals surface area (Å²) < 4.78 is 5.26. The molecule has 0 heterocycles. The van der Waals surface area contributed by atoms with Gasteiger partial charge in [-0.1, -0.05) is 0 Å². The van der Waals surface area contributed by atoms with E-state index in [1.54, 1.807) is 0 Å². The highest BCUT2D eigenvalue weighted by Crippen LogP contribution is 2.21. The molecular weight excluding hydrogens is 222 g/mol. The molecule has 1 aromatic rings. The van der Waals surface area contributed by atoms with Gasteiger partial charge in [0.25, 0.3) is 5.91 Å². The van der Waals surface area contributed by atoms with E-state index in [-0.39, 0.29) is 23.2 Å². The Morgan fingerprint density at radius 3 is 2.76 bits per heavy atom. The largest absolute Gasteiger partial charge is 0.508 e. The second kappa shape index (κ2) is 6.10. The zero-order valence-corrected chi connectivity index (χ0v) is 9.93. The SMILES string of the molecule is CC(C)OCCNC(=O)c1cc(O)ccc1O. The first kappa shape index (κ1) is 13.3. The van der Waals surface area contributed by atoms with E-state index in [2.05, 4.69) is 5.32 Å². The van der Waals surface area contributed by atoms with Crippen LogP contribution in [0.25, 0.3) is 0 Å². The van der Waals surface area contributed by atoms with E-state index in [0.717, 1.165) is 0 Å². The molecule has 0 unspecified atom stereocenters. The lowest BCUT2D eigenvalue weighted by Crippen LogP contribution is -2.28. The van der Waals surface area contributed by atoms with Crippen LogP contribution in [0.2, 0.25) is 0 Å². The molecule has 0 saturated heterocycles. The summed E-state index contributed by atoms with van der Waals surface area (Å²) >= 11 is 0. The molecule has 0 radical (unpaired) electrons. The van der Waals surface area contributed by atoms with Gasteiger partial charge in [-0.25, -0.2) is 0 Å². The summed E-state index contributed by atoms with van der Waals surface area (Å²) in [5.74, 6) is -0.665. The van der Waals surface area contributed by atoms with Crippen molar-refractivity contribution in [2.45, 2.75) is 20.0 Å². The smallest absolute Gasteiger partial charge is 0.255 e. The van der Waals surface area contributed by atoms with E-state index in [4.69, 9.17) is 4.74 Å². The summed E-state index contributed by atoms with van der Waals surface area (Å²) in [5.41, 5.74) is 0.0505. The van der Waals surface area contributed by atoms with Crippen LogP contribution < -0.4 is 5.32 Å². The summed E-state index contributed by atoms with van der Waals surface area (Å²) in [6, 6.07) is 3.80. The normalized spacial score (nSPS) is 10.5. The van der Waals surface area contributed by atoms with Crippen molar-refractivity contribution in [1.82, 2.24) is 5.32 Å². The zero-order chi connectivity index (χ0) is 12.8. The van der Waals surface area contributed by atoms with Gasteiger partial charge in [0, 0.05) is 6.54 Å². The number of carbonyl (C=O) groups is 1. The fourth-order valence-electron chi connectivity index (χ4n) is 1.26. The molecular formula is C12H17NO4. The number of benzene rings is 1. The van der Waals surface area contributed by atoms with Crippen LogP contribution in [0.1, 0.15) is 24.2 Å². The number of rotatable bonds is 5. The number of hydrogen-bond acceptors (Lipinski definition) is 4. The molecule has 0 atom stereocenters. The number of nitrogens with one attached hydrogen (secondary N) is 1. The molecule has 1 rings (SSSR count). The highest BCUT2D eigenvalue weighted by Gasteiger charge is 2.11. The molecule has 3 N–H and O–H groups in total. The number of carbonyl (C=O) groups excluding carboxylic acids is 1. The Morgan fingerprint density at radius 2 is 2.12 bits per heavy atom. The van der Waals surface area contributed by atoms with Crippen LogP contribution in [0, 0.1) is 0 Å². The van der Waals surface area contributed by atoms with Crippen molar-refractivity contribution in [1.29, 1.82) is 0 Å². The molecule has 0 aliphatic rings. The first-order valence-electron chi connectivity index (χ1n) is 5.42. The van der Waals surface area contributed by atoms with Crippen LogP contribution >= 0.6 is 0 Å². The minimum Gasteiger partial charge on any atom is -0.508 e. The van der Waals surface area contributed by atoms with Crippen LogP contribution in [0.3, 0.4) is 0 Å². The standard InChI is InChI=1S/C12H17NO4/c1-8(2)17-6-5-13-12(16)10-7-9(14)3-4-11(10)15/h3-4,7-8,14-15H,5-6H2,1-2H3,(H,13,16). The second-order valence-corrected chi connectivity index (χ2v) is 3.88. The van der Waals surface area contributed by atoms with Crippen LogP contribution in [0.5, 0.6) is 11.5 Å². The average Bonchev–Trinajstić information content (AvgIpc) is 2.27. The molecule has 0 aliphatic heterocycles. The lowest BCUT2D eigenvalue weighted by Gasteiger charge is -2.09. The van der Waals surface area contributed by atoms with Gasteiger partial charge in [-0.3, -0.25) is 4.79 Å². The number of amides is 1. The number of phenolic OH excluding ortho intramolecular Hbond substituents is 2. The van der Waals surface area contributed by atoms with Crippen molar-refractivity contribution in [3.8, 4) is 11.5 Å². The summed E-state index contributed by atoms with van der Waals surface area (Å²) in [7, 11) is 0. The average molecular weight is 239 g/mol. The highest BCUT2D eigenvalue weighted by molar-refractivity contribution is 5.97.